The fourth-order valence-electron chi connectivity index (χ4n) is 3.00. The van der Waals surface area contributed by atoms with Crippen LogP contribution in [-0.2, 0) is 6.42 Å². The number of Topliss-reactive ketones (excluding diaryl/α,β-unsaturated/α-hetero) is 1. The molecule has 1 unspecified atom stereocenters. The average Bonchev–Trinajstić information content (AvgIpc) is 3.17. The van der Waals surface area contributed by atoms with Crippen molar-refractivity contribution in [2.45, 2.75) is 18.8 Å². The van der Waals surface area contributed by atoms with E-state index in [4.69, 9.17) is 0 Å². The first kappa shape index (κ1) is 13.4. The van der Waals surface area contributed by atoms with Gasteiger partial charge in [-0.1, -0.05) is 18.2 Å². The number of para-hydroxylation sites is 1. The van der Waals surface area contributed by atoms with E-state index in [1.807, 2.05) is 11.4 Å². The Balaban J connectivity index is 1.80. The maximum atomic E-state index is 14.0. The number of hydrogen-bond donors (Lipinski definition) is 0. The highest BCUT2D eigenvalue weighted by Crippen LogP contribution is 2.35. The van der Waals surface area contributed by atoms with Gasteiger partial charge in [-0.3, -0.25) is 4.79 Å². The summed E-state index contributed by atoms with van der Waals surface area (Å²) in [6, 6.07) is 10.6. The van der Waals surface area contributed by atoms with Gasteiger partial charge in [-0.2, -0.15) is 5.10 Å². The molecular formula is C17H13FN2OS. The molecular weight excluding hydrogens is 299 g/mol. The summed E-state index contributed by atoms with van der Waals surface area (Å²) in [5.74, 6) is -0.0939. The quantitative estimate of drug-likeness (QED) is 0.717. The number of benzene rings is 1. The standard InChI is InChI=1S/C17H13FN2OS/c18-13-4-1-2-5-14(13)20-15-8-11(17-6-3-7-22-17)9-16(21)12(15)10-19-20/h1-7,10-11H,8-9H2. The molecule has 2 heterocycles. The van der Waals surface area contributed by atoms with Gasteiger partial charge in [-0.25, -0.2) is 9.07 Å². The Morgan fingerprint density at radius 1 is 1.18 bits per heavy atom. The minimum absolute atomic E-state index is 0.0854. The lowest BCUT2D eigenvalue weighted by Crippen LogP contribution is -2.19. The molecule has 3 nitrogen and oxygen atoms in total. The van der Waals surface area contributed by atoms with E-state index < -0.39 is 0 Å². The summed E-state index contributed by atoms with van der Waals surface area (Å²) in [5.41, 5.74) is 1.82. The fraction of sp³-hybridized carbons (Fsp3) is 0.176. The van der Waals surface area contributed by atoms with Crippen molar-refractivity contribution in [1.29, 1.82) is 0 Å². The molecule has 3 aromatic rings. The Kier molecular flexibility index (Phi) is 3.15. The highest BCUT2D eigenvalue weighted by Gasteiger charge is 2.30. The van der Waals surface area contributed by atoms with Gasteiger partial charge in [-0.05, 0) is 30.0 Å². The lowest BCUT2D eigenvalue weighted by molar-refractivity contribution is 0.0964. The monoisotopic (exact) mass is 312 g/mol. The summed E-state index contributed by atoms with van der Waals surface area (Å²) in [6.07, 6.45) is 2.77. The number of fused-ring (bicyclic) bond motifs is 1. The van der Waals surface area contributed by atoms with Crippen molar-refractivity contribution >= 4 is 17.1 Å². The van der Waals surface area contributed by atoms with Crippen molar-refractivity contribution in [2.75, 3.05) is 0 Å². The summed E-state index contributed by atoms with van der Waals surface area (Å²) >= 11 is 1.66. The molecule has 0 N–H and O–H groups in total. The molecule has 0 spiro atoms. The van der Waals surface area contributed by atoms with E-state index in [1.54, 1.807) is 40.4 Å². The molecule has 0 fully saturated rings. The van der Waals surface area contributed by atoms with Crippen LogP contribution in [0.2, 0.25) is 0 Å². The molecule has 5 heteroatoms. The van der Waals surface area contributed by atoms with Crippen LogP contribution in [0.1, 0.15) is 33.3 Å². The molecule has 1 aromatic carbocycles. The smallest absolute Gasteiger partial charge is 0.166 e. The van der Waals surface area contributed by atoms with E-state index in [9.17, 15) is 9.18 Å². The van der Waals surface area contributed by atoms with E-state index >= 15 is 0 Å². The van der Waals surface area contributed by atoms with Crippen LogP contribution in [-0.4, -0.2) is 15.6 Å². The minimum Gasteiger partial charge on any atom is -0.294 e. The third kappa shape index (κ3) is 2.09. The minimum atomic E-state index is -0.334. The van der Waals surface area contributed by atoms with Crippen molar-refractivity contribution in [1.82, 2.24) is 9.78 Å². The molecule has 1 aliphatic rings. The predicted octanol–water partition coefficient (Wildman–Crippen LogP) is 3.99. The Morgan fingerprint density at radius 3 is 2.82 bits per heavy atom. The highest BCUT2D eigenvalue weighted by molar-refractivity contribution is 7.10. The van der Waals surface area contributed by atoms with Crippen molar-refractivity contribution in [3.63, 3.8) is 0 Å². The Hall–Kier alpha value is -2.27. The number of halogens is 1. The zero-order valence-corrected chi connectivity index (χ0v) is 12.5. The first-order valence-corrected chi connectivity index (χ1v) is 8.00. The number of carbonyl (C=O) groups excluding carboxylic acids is 1. The molecule has 2 aromatic heterocycles. The van der Waals surface area contributed by atoms with Crippen LogP contribution in [0.5, 0.6) is 0 Å². The average molecular weight is 312 g/mol. The Bertz CT molecular complexity index is 838. The van der Waals surface area contributed by atoms with Crippen LogP contribution in [0.15, 0.2) is 48.0 Å². The third-order valence-corrected chi connectivity index (χ3v) is 5.10. The van der Waals surface area contributed by atoms with E-state index in [0.717, 1.165) is 5.69 Å². The summed E-state index contributed by atoms with van der Waals surface area (Å²) < 4.78 is 15.6. The first-order chi connectivity index (χ1) is 10.7. The number of rotatable bonds is 2. The first-order valence-electron chi connectivity index (χ1n) is 7.12. The van der Waals surface area contributed by atoms with Crippen molar-refractivity contribution < 1.29 is 9.18 Å². The van der Waals surface area contributed by atoms with Gasteiger partial charge in [0.15, 0.2) is 5.78 Å². The largest absolute Gasteiger partial charge is 0.294 e. The molecule has 110 valence electrons. The maximum Gasteiger partial charge on any atom is 0.166 e. The van der Waals surface area contributed by atoms with Gasteiger partial charge in [0.05, 0.1) is 17.5 Å². The van der Waals surface area contributed by atoms with Gasteiger partial charge in [0.2, 0.25) is 0 Å². The van der Waals surface area contributed by atoms with Crippen LogP contribution < -0.4 is 0 Å². The number of thiophene rings is 1. The van der Waals surface area contributed by atoms with Crippen LogP contribution in [0.3, 0.4) is 0 Å². The van der Waals surface area contributed by atoms with E-state index in [2.05, 4.69) is 11.2 Å². The molecule has 0 radical (unpaired) electrons. The summed E-state index contributed by atoms with van der Waals surface area (Å²) in [7, 11) is 0. The van der Waals surface area contributed by atoms with Gasteiger partial charge in [0, 0.05) is 17.2 Å². The number of nitrogens with zero attached hydrogens (tertiary/aromatic N) is 2. The number of aromatic nitrogens is 2. The lowest BCUT2D eigenvalue weighted by atomic mass is 9.86. The van der Waals surface area contributed by atoms with Crippen LogP contribution in [0, 0.1) is 5.82 Å². The third-order valence-electron chi connectivity index (χ3n) is 4.07. The van der Waals surface area contributed by atoms with Gasteiger partial charge >= 0.3 is 0 Å². The second-order valence-electron chi connectivity index (χ2n) is 5.41. The molecule has 1 aliphatic carbocycles. The predicted molar refractivity (Wildman–Crippen MR) is 83.2 cm³/mol. The Labute approximate surface area is 131 Å². The van der Waals surface area contributed by atoms with Gasteiger partial charge < -0.3 is 0 Å². The van der Waals surface area contributed by atoms with Crippen molar-refractivity contribution in [3.05, 3.63) is 69.9 Å². The second-order valence-corrected chi connectivity index (χ2v) is 6.39. The molecule has 22 heavy (non-hydrogen) atoms. The summed E-state index contributed by atoms with van der Waals surface area (Å²) in [4.78, 5) is 13.6. The Morgan fingerprint density at radius 2 is 2.05 bits per heavy atom. The second kappa shape index (κ2) is 5.18. The van der Waals surface area contributed by atoms with Gasteiger partial charge in [-0.15, -0.1) is 11.3 Å². The number of hydrogen-bond acceptors (Lipinski definition) is 3. The molecule has 0 amide bonds. The van der Waals surface area contributed by atoms with E-state index in [0.29, 0.717) is 24.1 Å². The normalized spacial score (nSPS) is 17.5. The molecule has 0 saturated carbocycles. The fourth-order valence-corrected chi connectivity index (χ4v) is 3.83. The summed E-state index contributed by atoms with van der Waals surface area (Å²) in [6.45, 7) is 0. The lowest BCUT2D eigenvalue weighted by Gasteiger charge is -2.21. The molecule has 0 aliphatic heterocycles. The zero-order chi connectivity index (χ0) is 15.1. The van der Waals surface area contributed by atoms with E-state index in [-0.39, 0.29) is 17.5 Å². The number of ketones is 1. The van der Waals surface area contributed by atoms with Gasteiger partial charge in [0.1, 0.15) is 11.5 Å². The van der Waals surface area contributed by atoms with Crippen LogP contribution >= 0.6 is 11.3 Å². The molecule has 0 bridgehead atoms. The highest BCUT2D eigenvalue weighted by atomic mass is 32.1. The number of carbonyl (C=O) groups is 1. The molecule has 1 atom stereocenters. The molecule has 4 rings (SSSR count). The molecule has 0 saturated heterocycles. The van der Waals surface area contributed by atoms with Gasteiger partial charge in [0.25, 0.3) is 0 Å². The van der Waals surface area contributed by atoms with Crippen molar-refractivity contribution in [3.8, 4) is 5.69 Å². The SMILES string of the molecule is O=C1CC(c2cccs2)Cc2c1cnn2-c1ccccc1F. The zero-order valence-electron chi connectivity index (χ0n) is 11.7. The van der Waals surface area contributed by atoms with Crippen LogP contribution in [0.25, 0.3) is 5.69 Å². The van der Waals surface area contributed by atoms with Crippen molar-refractivity contribution in [2.24, 2.45) is 0 Å². The topological polar surface area (TPSA) is 34.9 Å². The van der Waals surface area contributed by atoms with Crippen LogP contribution in [0.4, 0.5) is 4.39 Å². The summed E-state index contributed by atoms with van der Waals surface area (Å²) in [5, 5.41) is 6.27. The van der Waals surface area contributed by atoms with E-state index in [1.165, 1.54) is 10.9 Å². The maximum absolute atomic E-state index is 14.0.